The van der Waals surface area contributed by atoms with Crippen LogP contribution in [-0.2, 0) is 23.9 Å². The summed E-state index contributed by atoms with van der Waals surface area (Å²) in [6.07, 6.45) is 3.50. The van der Waals surface area contributed by atoms with Gasteiger partial charge in [-0.15, -0.1) is 0 Å². The van der Waals surface area contributed by atoms with E-state index in [1.165, 1.54) is 25.1 Å². The third kappa shape index (κ3) is 4.05. The number of carbonyl (C=O) groups is 4. The van der Waals surface area contributed by atoms with Crippen LogP contribution in [0.3, 0.4) is 0 Å². The minimum atomic E-state index is -1.17. The van der Waals surface area contributed by atoms with Crippen molar-refractivity contribution in [1.29, 1.82) is 0 Å². The second-order valence-electron chi connectivity index (χ2n) is 6.55. The van der Waals surface area contributed by atoms with E-state index in [0.717, 1.165) is 11.0 Å². The van der Waals surface area contributed by atoms with Crippen LogP contribution in [0, 0.1) is 17.7 Å². The summed E-state index contributed by atoms with van der Waals surface area (Å²) in [7, 11) is 0. The normalized spacial score (nSPS) is 22.4. The van der Waals surface area contributed by atoms with Gasteiger partial charge in [0.2, 0.25) is 11.8 Å². The summed E-state index contributed by atoms with van der Waals surface area (Å²) in [6.45, 7) is 0.825. The molecular weight excluding hydrogens is 355 g/mol. The summed E-state index contributed by atoms with van der Waals surface area (Å²) in [5.74, 6) is -3.64. The van der Waals surface area contributed by atoms with E-state index in [1.807, 2.05) is 12.2 Å². The summed E-state index contributed by atoms with van der Waals surface area (Å²) in [4.78, 5) is 49.7. The van der Waals surface area contributed by atoms with Crippen LogP contribution in [0.25, 0.3) is 0 Å². The van der Waals surface area contributed by atoms with E-state index >= 15 is 0 Å². The van der Waals surface area contributed by atoms with Gasteiger partial charge >= 0.3 is 5.97 Å². The van der Waals surface area contributed by atoms with E-state index in [4.69, 9.17) is 4.74 Å². The Labute approximate surface area is 155 Å². The summed E-state index contributed by atoms with van der Waals surface area (Å²) in [5, 5.41) is 2.43. The number of hydrogen-bond acceptors (Lipinski definition) is 5. The molecule has 27 heavy (non-hydrogen) atoms. The van der Waals surface area contributed by atoms with E-state index in [1.54, 1.807) is 0 Å². The number of anilines is 1. The lowest BCUT2D eigenvalue weighted by molar-refractivity contribution is -0.158. The van der Waals surface area contributed by atoms with Gasteiger partial charge in [0, 0.05) is 5.69 Å². The van der Waals surface area contributed by atoms with Gasteiger partial charge in [-0.3, -0.25) is 24.1 Å². The first-order valence-electron chi connectivity index (χ1n) is 8.63. The first kappa shape index (κ1) is 18.8. The molecule has 2 aliphatic rings. The Kier molecular flexibility index (Phi) is 5.34. The first-order valence-corrected chi connectivity index (χ1v) is 8.63. The Hall–Kier alpha value is -3.03. The van der Waals surface area contributed by atoms with Crippen LogP contribution in [0.5, 0.6) is 0 Å². The van der Waals surface area contributed by atoms with E-state index < -0.39 is 42.2 Å². The Balaban J connectivity index is 1.55. The molecule has 3 rings (SSSR count). The number of likely N-dealkylation sites (tertiary alicyclic amines) is 1. The quantitative estimate of drug-likeness (QED) is 0.481. The fourth-order valence-corrected chi connectivity index (χ4v) is 3.25. The topological polar surface area (TPSA) is 92.8 Å². The minimum Gasteiger partial charge on any atom is -0.451 e. The molecule has 3 atom stereocenters. The summed E-state index contributed by atoms with van der Waals surface area (Å²) in [6, 6.07) is 5.29. The van der Waals surface area contributed by atoms with Crippen molar-refractivity contribution >= 4 is 29.4 Å². The summed E-state index contributed by atoms with van der Waals surface area (Å²) in [5.41, 5.74) is 0.226. The van der Waals surface area contributed by atoms with E-state index in [-0.39, 0.29) is 17.5 Å². The number of nitrogens with one attached hydrogen (secondary N) is 1. The predicted octanol–water partition coefficient (Wildman–Crippen LogP) is 1.65. The monoisotopic (exact) mass is 374 g/mol. The average Bonchev–Trinajstić information content (AvgIpc) is 2.87. The maximum absolute atomic E-state index is 13.1. The van der Waals surface area contributed by atoms with E-state index in [2.05, 4.69) is 5.32 Å². The number of amides is 3. The van der Waals surface area contributed by atoms with Gasteiger partial charge in [0.05, 0.1) is 11.8 Å². The van der Waals surface area contributed by atoms with Crippen LogP contribution in [0.15, 0.2) is 36.4 Å². The molecule has 0 aromatic heterocycles. The van der Waals surface area contributed by atoms with Gasteiger partial charge in [0.15, 0.2) is 6.10 Å². The smallest absolute Gasteiger partial charge is 0.326 e. The summed E-state index contributed by atoms with van der Waals surface area (Å²) < 4.78 is 18.2. The van der Waals surface area contributed by atoms with Crippen LogP contribution in [-0.4, -0.2) is 41.2 Å². The molecule has 8 heteroatoms. The second kappa shape index (κ2) is 7.69. The molecular formula is C19H19FN2O5. The fraction of sp³-hybridized carbons (Fsp3) is 0.368. The Morgan fingerprint density at radius 1 is 1.22 bits per heavy atom. The SMILES string of the molecule is C[C@H](OC(=O)CN1C(=O)[C@H]2CC=CC[C@@H]2C1=O)C(=O)Nc1cccc(F)c1. The highest BCUT2D eigenvalue weighted by Crippen LogP contribution is 2.34. The number of allylic oxidation sites excluding steroid dienone is 2. The minimum absolute atomic E-state index is 0.226. The number of benzene rings is 1. The molecule has 1 aromatic carbocycles. The number of halogens is 1. The largest absolute Gasteiger partial charge is 0.451 e. The van der Waals surface area contributed by atoms with Crippen LogP contribution in [0.4, 0.5) is 10.1 Å². The molecule has 0 radical (unpaired) electrons. The fourth-order valence-electron chi connectivity index (χ4n) is 3.25. The van der Waals surface area contributed by atoms with Gasteiger partial charge in [0.1, 0.15) is 12.4 Å². The highest BCUT2D eigenvalue weighted by Gasteiger charge is 2.47. The summed E-state index contributed by atoms with van der Waals surface area (Å²) >= 11 is 0. The molecule has 142 valence electrons. The van der Waals surface area contributed by atoms with Gasteiger partial charge in [-0.05, 0) is 38.0 Å². The molecule has 1 aliphatic heterocycles. The van der Waals surface area contributed by atoms with Gasteiger partial charge in [-0.25, -0.2) is 4.39 Å². The number of rotatable bonds is 5. The molecule has 1 saturated heterocycles. The van der Waals surface area contributed by atoms with Crippen LogP contribution < -0.4 is 5.32 Å². The molecule has 3 amide bonds. The predicted molar refractivity (Wildman–Crippen MR) is 92.7 cm³/mol. The first-order chi connectivity index (χ1) is 12.9. The van der Waals surface area contributed by atoms with Crippen molar-refractivity contribution in [2.75, 3.05) is 11.9 Å². The number of imide groups is 1. The number of fused-ring (bicyclic) bond motifs is 1. The highest BCUT2D eigenvalue weighted by molar-refractivity contribution is 6.07. The zero-order valence-corrected chi connectivity index (χ0v) is 14.7. The van der Waals surface area contributed by atoms with Gasteiger partial charge in [-0.1, -0.05) is 18.2 Å². The second-order valence-corrected chi connectivity index (χ2v) is 6.55. The van der Waals surface area contributed by atoms with E-state index in [0.29, 0.717) is 12.8 Å². The third-order valence-corrected chi connectivity index (χ3v) is 4.66. The number of ether oxygens (including phenoxy) is 1. The lowest BCUT2D eigenvalue weighted by atomic mass is 9.85. The standard InChI is InChI=1S/C19H19FN2O5/c1-11(17(24)21-13-6-4-5-12(20)9-13)27-16(23)10-22-18(25)14-7-2-3-8-15(14)19(22)26/h2-6,9,11,14-15H,7-8,10H2,1H3,(H,21,24)/t11-,14-,15-/m0/s1. The molecule has 0 saturated carbocycles. The molecule has 0 unspecified atom stereocenters. The zero-order chi connectivity index (χ0) is 19.6. The number of hydrogen-bond donors (Lipinski definition) is 1. The molecule has 1 heterocycles. The maximum atomic E-state index is 13.1. The van der Waals surface area contributed by atoms with Crippen LogP contribution >= 0.6 is 0 Å². The van der Waals surface area contributed by atoms with Gasteiger partial charge in [-0.2, -0.15) is 0 Å². The molecule has 1 fully saturated rings. The lowest BCUT2D eigenvalue weighted by Crippen LogP contribution is -2.39. The van der Waals surface area contributed by atoms with Crippen molar-refractivity contribution in [3.63, 3.8) is 0 Å². The van der Waals surface area contributed by atoms with Gasteiger partial charge < -0.3 is 10.1 Å². The van der Waals surface area contributed by atoms with Crippen molar-refractivity contribution in [2.24, 2.45) is 11.8 Å². The lowest BCUT2D eigenvalue weighted by Gasteiger charge is -2.17. The van der Waals surface area contributed by atoms with Crippen molar-refractivity contribution in [2.45, 2.75) is 25.9 Å². The molecule has 1 aromatic rings. The Bertz CT molecular complexity index is 796. The molecule has 1 aliphatic carbocycles. The maximum Gasteiger partial charge on any atom is 0.326 e. The number of carbonyl (C=O) groups excluding carboxylic acids is 4. The van der Waals surface area contributed by atoms with Gasteiger partial charge in [0.25, 0.3) is 5.91 Å². The molecule has 0 spiro atoms. The zero-order valence-electron chi connectivity index (χ0n) is 14.7. The molecule has 0 bridgehead atoms. The van der Waals surface area contributed by atoms with Crippen molar-refractivity contribution < 1.29 is 28.3 Å². The van der Waals surface area contributed by atoms with Crippen molar-refractivity contribution in [1.82, 2.24) is 4.90 Å². The average molecular weight is 374 g/mol. The molecule has 1 N–H and O–H groups in total. The van der Waals surface area contributed by atoms with Crippen LogP contribution in [0.2, 0.25) is 0 Å². The highest BCUT2D eigenvalue weighted by atomic mass is 19.1. The number of nitrogens with zero attached hydrogens (tertiary/aromatic N) is 1. The number of esters is 1. The van der Waals surface area contributed by atoms with Crippen molar-refractivity contribution in [3.05, 3.63) is 42.2 Å². The third-order valence-electron chi connectivity index (χ3n) is 4.66. The Morgan fingerprint density at radius 2 is 1.85 bits per heavy atom. The molecule has 7 nitrogen and oxygen atoms in total. The van der Waals surface area contributed by atoms with E-state index in [9.17, 15) is 23.6 Å². The Morgan fingerprint density at radius 3 is 2.44 bits per heavy atom. The van der Waals surface area contributed by atoms with Crippen LogP contribution in [0.1, 0.15) is 19.8 Å². The van der Waals surface area contributed by atoms with Crippen molar-refractivity contribution in [3.8, 4) is 0 Å².